The first-order valence-electron chi connectivity index (χ1n) is 4.53. The van der Waals surface area contributed by atoms with Crippen molar-refractivity contribution in [2.75, 3.05) is 0 Å². The summed E-state index contributed by atoms with van der Waals surface area (Å²) in [5.41, 5.74) is 0.767. The molecular formula is C10H16N2O2. The minimum atomic E-state index is -0.459. The molecule has 1 heterocycles. The maximum Gasteiger partial charge on any atom is 0.342 e. The predicted octanol–water partition coefficient (Wildman–Crippen LogP) is 1.68. The van der Waals surface area contributed by atoms with Crippen molar-refractivity contribution in [3.63, 3.8) is 0 Å². The summed E-state index contributed by atoms with van der Waals surface area (Å²) in [5.74, 6) is -0.317. The van der Waals surface area contributed by atoms with E-state index in [2.05, 4.69) is 5.10 Å². The molecule has 0 N–H and O–H groups in total. The van der Waals surface area contributed by atoms with Gasteiger partial charge in [0.15, 0.2) is 0 Å². The van der Waals surface area contributed by atoms with Gasteiger partial charge in [0.2, 0.25) is 0 Å². The van der Waals surface area contributed by atoms with Crippen LogP contribution in [0.5, 0.6) is 0 Å². The summed E-state index contributed by atoms with van der Waals surface area (Å²) in [7, 11) is 1.78. The summed E-state index contributed by atoms with van der Waals surface area (Å²) in [6.07, 6.45) is 1.67. The minimum Gasteiger partial charge on any atom is -0.456 e. The van der Waals surface area contributed by atoms with Crippen LogP contribution in [0.2, 0.25) is 0 Å². The van der Waals surface area contributed by atoms with Gasteiger partial charge in [-0.1, -0.05) is 0 Å². The van der Waals surface area contributed by atoms with Crippen molar-refractivity contribution in [3.8, 4) is 0 Å². The van der Waals surface area contributed by atoms with Crippen LogP contribution in [0.25, 0.3) is 0 Å². The van der Waals surface area contributed by atoms with Crippen LogP contribution in [0.3, 0.4) is 0 Å². The molecule has 4 heteroatoms. The number of hydrogen-bond acceptors (Lipinski definition) is 3. The lowest BCUT2D eigenvalue weighted by atomic mass is 10.2. The Bertz CT molecular complexity index is 347. The van der Waals surface area contributed by atoms with E-state index >= 15 is 0 Å². The normalized spacial score (nSPS) is 11.5. The van der Waals surface area contributed by atoms with Crippen molar-refractivity contribution in [1.82, 2.24) is 9.78 Å². The van der Waals surface area contributed by atoms with Crippen LogP contribution in [0.1, 0.15) is 36.8 Å². The molecule has 0 radical (unpaired) electrons. The molecule has 0 aromatic carbocycles. The van der Waals surface area contributed by atoms with E-state index < -0.39 is 5.60 Å². The highest BCUT2D eigenvalue weighted by Gasteiger charge is 2.20. The second kappa shape index (κ2) is 3.44. The summed E-state index contributed by atoms with van der Waals surface area (Å²) in [5, 5.41) is 4.08. The Labute approximate surface area is 83.9 Å². The molecule has 1 aromatic rings. The van der Waals surface area contributed by atoms with Crippen molar-refractivity contribution < 1.29 is 9.53 Å². The van der Waals surface area contributed by atoms with Crippen molar-refractivity contribution in [2.45, 2.75) is 33.3 Å². The SMILES string of the molecule is Cc1nn(C)cc1C(=O)OC(C)(C)C. The fraction of sp³-hybridized carbons (Fsp3) is 0.600. The zero-order valence-electron chi connectivity index (χ0n) is 9.29. The van der Waals surface area contributed by atoms with Gasteiger partial charge < -0.3 is 4.74 Å². The van der Waals surface area contributed by atoms with Crippen LogP contribution in [0.4, 0.5) is 0 Å². The number of aryl methyl sites for hydroxylation is 2. The molecule has 78 valence electrons. The number of esters is 1. The molecular weight excluding hydrogens is 180 g/mol. The molecule has 0 spiro atoms. The van der Waals surface area contributed by atoms with Crippen LogP contribution in [-0.2, 0) is 11.8 Å². The molecule has 0 aliphatic rings. The molecule has 0 atom stereocenters. The lowest BCUT2D eigenvalue weighted by Gasteiger charge is -2.18. The molecule has 0 saturated heterocycles. The Balaban J connectivity index is 2.85. The van der Waals surface area contributed by atoms with Gasteiger partial charge in [-0.05, 0) is 27.7 Å². The third-order valence-corrected chi connectivity index (χ3v) is 1.63. The monoisotopic (exact) mass is 196 g/mol. The first kappa shape index (κ1) is 10.8. The third kappa shape index (κ3) is 2.58. The van der Waals surface area contributed by atoms with E-state index in [1.165, 1.54) is 0 Å². The highest BCUT2D eigenvalue weighted by atomic mass is 16.6. The van der Waals surface area contributed by atoms with Gasteiger partial charge in [-0.25, -0.2) is 4.79 Å². The molecule has 0 bridgehead atoms. The molecule has 0 aliphatic heterocycles. The summed E-state index contributed by atoms with van der Waals surface area (Å²) in [6.45, 7) is 7.32. The zero-order valence-corrected chi connectivity index (χ0v) is 9.29. The van der Waals surface area contributed by atoms with Crippen LogP contribution in [0, 0.1) is 6.92 Å². The fourth-order valence-electron chi connectivity index (χ4n) is 1.13. The fourth-order valence-corrected chi connectivity index (χ4v) is 1.13. The molecule has 1 aromatic heterocycles. The molecule has 4 nitrogen and oxygen atoms in total. The Kier molecular flexibility index (Phi) is 2.64. The number of carbonyl (C=O) groups excluding carboxylic acids is 1. The molecule has 14 heavy (non-hydrogen) atoms. The lowest BCUT2D eigenvalue weighted by molar-refractivity contribution is 0.00687. The number of rotatable bonds is 1. The van der Waals surface area contributed by atoms with Gasteiger partial charge in [0.25, 0.3) is 0 Å². The molecule has 0 fully saturated rings. The first-order valence-corrected chi connectivity index (χ1v) is 4.53. The highest BCUT2D eigenvalue weighted by Crippen LogP contribution is 2.13. The Morgan fingerprint density at radius 2 is 2.07 bits per heavy atom. The molecule has 0 aliphatic carbocycles. The van der Waals surface area contributed by atoms with E-state index in [-0.39, 0.29) is 5.97 Å². The minimum absolute atomic E-state index is 0.317. The second-order valence-electron chi connectivity index (χ2n) is 4.30. The van der Waals surface area contributed by atoms with Gasteiger partial charge >= 0.3 is 5.97 Å². The molecule has 0 amide bonds. The van der Waals surface area contributed by atoms with Crippen LogP contribution in [-0.4, -0.2) is 21.4 Å². The zero-order chi connectivity index (χ0) is 10.9. The summed E-state index contributed by atoms with van der Waals surface area (Å²) >= 11 is 0. The van der Waals surface area contributed by atoms with Gasteiger partial charge in [0, 0.05) is 13.2 Å². The Morgan fingerprint density at radius 1 is 1.50 bits per heavy atom. The van der Waals surface area contributed by atoms with Crippen molar-refractivity contribution in [1.29, 1.82) is 0 Å². The summed E-state index contributed by atoms with van der Waals surface area (Å²) in [6, 6.07) is 0. The number of ether oxygens (including phenoxy) is 1. The topological polar surface area (TPSA) is 44.1 Å². The first-order chi connectivity index (χ1) is 6.29. The van der Waals surface area contributed by atoms with Crippen LogP contribution < -0.4 is 0 Å². The van der Waals surface area contributed by atoms with Crippen LogP contribution in [0.15, 0.2) is 6.20 Å². The maximum absolute atomic E-state index is 11.6. The van der Waals surface area contributed by atoms with E-state index in [4.69, 9.17) is 4.74 Å². The number of aromatic nitrogens is 2. The van der Waals surface area contributed by atoms with E-state index in [0.717, 1.165) is 0 Å². The average Bonchev–Trinajstić information content (AvgIpc) is 2.26. The van der Waals surface area contributed by atoms with Gasteiger partial charge in [-0.15, -0.1) is 0 Å². The Morgan fingerprint density at radius 3 is 2.43 bits per heavy atom. The summed E-state index contributed by atoms with van der Waals surface area (Å²) in [4.78, 5) is 11.6. The van der Waals surface area contributed by atoms with Gasteiger partial charge in [0.05, 0.1) is 5.69 Å². The molecule has 0 saturated carbocycles. The number of carbonyl (C=O) groups is 1. The maximum atomic E-state index is 11.6. The smallest absolute Gasteiger partial charge is 0.342 e. The number of nitrogens with zero attached hydrogens (tertiary/aromatic N) is 2. The standard InChI is InChI=1S/C10H16N2O2/c1-7-8(6-12(5)11-7)9(13)14-10(2,3)4/h6H,1-5H3. The van der Waals surface area contributed by atoms with E-state index in [1.807, 2.05) is 20.8 Å². The van der Waals surface area contributed by atoms with E-state index in [1.54, 1.807) is 24.9 Å². The van der Waals surface area contributed by atoms with Gasteiger partial charge in [0.1, 0.15) is 11.2 Å². The Hall–Kier alpha value is -1.32. The van der Waals surface area contributed by atoms with E-state index in [9.17, 15) is 4.79 Å². The third-order valence-electron chi connectivity index (χ3n) is 1.63. The quantitative estimate of drug-likeness (QED) is 0.642. The van der Waals surface area contributed by atoms with E-state index in [0.29, 0.717) is 11.3 Å². The molecule has 1 rings (SSSR count). The predicted molar refractivity (Wildman–Crippen MR) is 53.1 cm³/mol. The van der Waals surface area contributed by atoms with Crippen molar-refractivity contribution in [3.05, 3.63) is 17.5 Å². The number of hydrogen-bond donors (Lipinski definition) is 0. The van der Waals surface area contributed by atoms with Crippen LogP contribution >= 0.6 is 0 Å². The molecule has 0 unspecified atom stereocenters. The van der Waals surface area contributed by atoms with Crippen molar-refractivity contribution in [2.24, 2.45) is 7.05 Å². The lowest BCUT2D eigenvalue weighted by Crippen LogP contribution is -2.24. The average molecular weight is 196 g/mol. The van der Waals surface area contributed by atoms with Gasteiger partial charge in [-0.2, -0.15) is 5.10 Å². The second-order valence-corrected chi connectivity index (χ2v) is 4.30. The van der Waals surface area contributed by atoms with Gasteiger partial charge in [-0.3, -0.25) is 4.68 Å². The van der Waals surface area contributed by atoms with Crippen molar-refractivity contribution >= 4 is 5.97 Å². The summed E-state index contributed by atoms with van der Waals surface area (Å²) < 4.78 is 6.83. The largest absolute Gasteiger partial charge is 0.456 e. The highest BCUT2D eigenvalue weighted by molar-refractivity contribution is 5.90.